The lowest BCUT2D eigenvalue weighted by Crippen LogP contribution is -2.32. The van der Waals surface area contributed by atoms with Crippen LogP contribution < -0.4 is 9.47 Å². The summed E-state index contributed by atoms with van der Waals surface area (Å²) in [4.78, 5) is 2.35. The van der Waals surface area contributed by atoms with Crippen molar-refractivity contribution in [2.45, 2.75) is 25.0 Å². The van der Waals surface area contributed by atoms with Gasteiger partial charge in [0.05, 0.1) is 26.4 Å². The Hall–Kier alpha value is -1.26. The summed E-state index contributed by atoms with van der Waals surface area (Å²) in [5, 5.41) is 0. The molecule has 1 saturated heterocycles. The first kappa shape index (κ1) is 12.8. The predicted molar refractivity (Wildman–Crippen MR) is 73.0 cm³/mol. The maximum absolute atomic E-state index is 6.18. The first-order valence-corrected chi connectivity index (χ1v) is 6.80. The van der Waals surface area contributed by atoms with Crippen LogP contribution in [0.25, 0.3) is 0 Å². The monoisotopic (exact) mass is 263 g/mol. The number of benzene rings is 1. The fourth-order valence-electron chi connectivity index (χ4n) is 3.12. The van der Waals surface area contributed by atoms with Crippen molar-refractivity contribution in [3.63, 3.8) is 0 Å². The molecule has 0 spiro atoms. The van der Waals surface area contributed by atoms with Gasteiger partial charge in [0.15, 0.2) is 11.5 Å². The second-order valence-electron chi connectivity index (χ2n) is 5.41. The highest BCUT2D eigenvalue weighted by molar-refractivity contribution is 5.49. The summed E-state index contributed by atoms with van der Waals surface area (Å²) in [7, 11) is 5.53. The molecule has 0 aromatic heterocycles. The fourth-order valence-corrected chi connectivity index (χ4v) is 3.12. The van der Waals surface area contributed by atoms with Crippen LogP contribution in [-0.2, 0) is 11.2 Å². The standard InChI is InChI=1S/C15H21NO3/c1-16-5-4-13-12-8-15(18-3)14(17-2)7-10(12)6-11(9-16)19-13/h7-8,11,13H,4-6,9H2,1-3H3/t11-,13-/m0/s1. The van der Waals surface area contributed by atoms with Crippen molar-refractivity contribution < 1.29 is 14.2 Å². The minimum absolute atomic E-state index is 0.193. The van der Waals surface area contributed by atoms with Gasteiger partial charge >= 0.3 is 0 Å². The molecule has 2 atom stereocenters. The third kappa shape index (κ3) is 2.30. The second-order valence-corrected chi connectivity index (χ2v) is 5.41. The van der Waals surface area contributed by atoms with E-state index in [0.29, 0.717) is 6.10 Å². The molecular weight excluding hydrogens is 242 g/mol. The Morgan fingerprint density at radius 2 is 1.95 bits per heavy atom. The molecule has 0 aliphatic carbocycles. The summed E-state index contributed by atoms with van der Waals surface area (Å²) < 4.78 is 17.0. The molecule has 4 nitrogen and oxygen atoms in total. The van der Waals surface area contributed by atoms with Crippen LogP contribution in [0, 0.1) is 0 Å². The van der Waals surface area contributed by atoms with E-state index in [9.17, 15) is 0 Å². The quantitative estimate of drug-likeness (QED) is 0.817. The molecule has 104 valence electrons. The number of ether oxygens (including phenoxy) is 3. The summed E-state index contributed by atoms with van der Waals surface area (Å²) in [6.07, 6.45) is 2.48. The molecule has 2 heterocycles. The number of nitrogens with zero attached hydrogens (tertiary/aromatic N) is 1. The van der Waals surface area contributed by atoms with E-state index < -0.39 is 0 Å². The summed E-state index contributed by atoms with van der Waals surface area (Å²) in [6, 6.07) is 4.20. The normalized spacial score (nSPS) is 26.5. The molecule has 0 unspecified atom stereocenters. The topological polar surface area (TPSA) is 30.9 Å². The molecule has 1 aromatic carbocycles. The van der Waals surface area contributed by atoms with Gasteiger partial charge in [-0.3, -0.25) is 0 Å². The number of hydrogen-bond donors (Lipinski definition) is 0. The summed E-state index contributed by atoms with van der Waals surface area (Å²) in [5.41, 5.74) is 2.61. The van der Waals surface area contributed by atoms with Gasteiger partial charge in [-0.05, 0) is 36.7 Å². The number of methoxy groups -OCH3 is 2. The minimum Gasteiger partial charge on any atom is -0.493 e. The van der Waals surface area contributed by atoms with Crippen molar-refractivity contribution in [2.75, 3.05) is 34.4 Å². The SMILES string of the molecule is COc1cc2c(cc1OC)[C@@H]1CCN(C)C[C@H](C2)O1. The largest absolute Gasteiger partial charge is 0.493 e. The Labute approximate surface area is 114 Å². The third-order valence-corrected chi connectivity index (χ3v) is 4.08. The summed E-state index contributed by atoms with van der Waals surface area (Å²) >= 11 is 0. The predicted octanol–water partition coefficient (Wildman–Crippen LogP) is 2.02. The number of fused-ring (bicyclic) bond motifs is 4. The molecule has 2 aliphatic heterocycles. The molecule has 2 bridgehead atoms. The van der Waals surface area contributed by atoms with Crippen molar-refractivity contribution in [3.8, 4) is 11.5 Å². The van der Waals surface area contributed by atoms with Gasteiger partial charge in [-0.2, -0.15) is 0 Å². The minimum atomic E-state index is 0.193. The molecule has 1 fully saturated rings. The maximum atomic E-state index is 6.18. The van der Waals surface area contributed by atoms with Crippen LogP contribution >= 0.6 is 0 Å². The molecule has 19 heavy (non-hydrogen) atoms. The van der Waals surface area contributed by atoms with E-state index in [4.69, 9.17) is 14.2 Å². The zero-order valence-electron chi connectivity index (χ0n) is 11.8. The van der Waals surface area contributed by atoms with E-state index in [1.165, 1.54) is 11.1 Å². The van der Waals surface area contributed by atoms with Gasteiger partial charge in [-0.15, -0.1) is 0 Å². The highest BCUT2D eigenvalue weighted by atomic mass is 16.5. The van der Waals surface area contributed by atoms with Crippen molar-refractivity contribution in [1.29, 1.82) is 0 Å². The van der Waals surface area contributed by atoms with Crippen molar-refractivity contribution >= 4 is 0 Å². The van der Waals surface area contributed by atoms with Crippen LogP contribution in [0.4, 0.5) is 0 Å². The van der Waals surface area contributed by atoms with Crippen LogP contribution in [0.1, 0.15) is 23.7 Å². The molecule has 1 aromatic rings. The lowest BCUT2D eigenvalue weighted by Gasteiger charge is -2.31. The van der Waals surface area contributed by atoms with Crippen LogP contribution in [0.5, 0.6) is 11.5 Å². The van der Waals surface area contributed by atoms with Crippen LogP contribution in [0.3, 0.4) is 0 Å². The number of rotatable bonds is 2. The third-order valence-electron chi connectivity index (χ3n) is 4.08. The molecule has 0 saturated carbocycles. The van der Waals surface area contributed by atoms with E-state index in [1.807, 2.05) is 0 Å². The molecule has 0 amide bonds. The lowest BCUT2D eigenvalue weighted by atomic mass is 9.93. The van der Waals surface area contributed by atoms with Gasteiger partial charge in [-0.25, -0.2) is 0 Å². The fraction of sp³-hybridized carbons (Fsp3) is 0.600. The van der Waals surface area contributed by atoms with E-state index in [2.05, 4.69) is 24.1 Å². The Kier molecular flexibility index (Phi) is 3.37. The average Bonchev–Trinajstić information content (AvgIpc) is 2.57. The molecule has 4 heteroatoms. The van der Waals surface area contributed by atoms with Crippen molar-refractivity contribution in [3.05, 3.63) is 23.3 Å². The Bertz CT molecular complexity index is 475. The van der Waals surface area contributed by atoms with Crippen LogP contribution in [0.2, 0.25) is 0 Å². The summed E-state index contributed by atoms with van der Waals surface area (Å²) in [6.45, 7) is 2.08. The second kappa shape index (κ2) is 5.02. The molecule has 0 N–H and O–H groups in total. The van der Waals surface area contributed by atoms with Crippen molar-refractivity contribution in [2.24, 2.45) is 0 Å². The van der Waals surface area contributed by atoms with E-state index >= 15 is 0 Å². The molecular formula is C15H21NO3. The zero-order chi connectivity index (χ0) is 13.4. The van der Waals surface area contributed by atoms with Gasteiger partial charge in [0.1, 0.15) is 0 Å². The van der Waals surface area contributed by atoms with E-state index in [-0.39, 0.29) is 6.10 Å². The first-order chi connectivity index (χ1) is 9.21. The Morgan fingerprint density at radius 3 is 2.68 bits per heavy atom. The van der Waals surface area contributed by atoms with E-state index in [1.54, 1.807) is 14.2 Å². The average molecular weight is 263 g/mol. The zero-order valence-corrected chi connectivity index (χ0v) is 11.8. The van der Waals surface area contributed by atoms with Crippen LogP contribution in [0.15, 0.2) is 12.1 Å². The van der Waals surface area contributed by atoms with Crippen molar-refractivity contribution in [1.82, 2.24) is 4.90 Å². The van der Waals surface area contributed by atoms with Gasteiger partial charge in [0.2, 0.25) is 0 Å². The Morgan fingerprint density at radius 1 is 1.21 bits per heavy atom. The smallest absolute Gasteiger partial charge is 0.161 e. The highest BCUT2D eigenvalue weighted by Gasteiger charge is 2.32. The van der Waals surface area contributed by atoms with E-state index in [0.717, 1.165) is 37.4 Å². The Balaban J connectivity index is 2.01. The summed E-state index contributed by atoms with van der Waals surface area (Å²) in [5.74, 6) is 1.61. The highest BCUT2D eigenvalue weighted by Crippen LogP contribution is 2.40. The number of hydrogen-bond acceptors (Lipinski definition) is 4. The van der Waals surface area contributed by atoms with Crippen LogP contribution in [-0.4, -0.2) is 45.4 Å². The van der Waals surface area contributed by atoms with Gasteiger partial charge < -0.3 is 19.1 Å². The molecule has 3 rings (SSSR count). The molecule has 0 radical (unpaired) electrons. The molecule has 2 aliphatic rings. The lowest BCUT2D eigenvalue weighted by molar-refractivity contribution is -0.0185. The van der Waals surface area contributed by atoms with Gasteiger partial charge in [0, 0.05) is 19.5 Å². The first-order valence-electron chi connectivity index (χ1n) is 6.80. The maximum Gasteiger partial charge on any atom is 0.161 e. The van der Waals surface area contributed by atoms with Gasteiger partial charge in [0.25, 0.3) is 0 Å². The van der Waals surface area contributed by atoms with Gasteiger partial charge in [-0.1, -0.05) is 0 Å². The number of likely N-dealkylation sites (N-methyl/N-ethyl adjacent to an activating group) is 1.